The molecule has 2 aromatic carbocycles. The second-order valence-corrected chi connectivity index (χ2v) is 6.55. The van der Waals surface area contributed by atoms with Crippen LogP contribution in [0.5, 0.6) is 0 Å². The largest absolute Gasteiger partial charge is 0.393 e. The third-order valence-electron chi connectivity index (χ3n) is 4.34. The number of benzene rings is 2. The first-order chi connectivity index (χ1) is 13.2. The molecule has 27 heavy (non-hydrogen) atoms. The molecule has 0 fully saturated rings. The Balaban J connectivity index is 2.12. The molecule has 0 aliphatic rings. The van der Waals surface area contributed by atoms with E-state index >= 15 is 0 Å². The van der Waals surface area contributed by atoms with Gasteiger partial charge in [0.25, 0.3) is 0 Å². The Morgan fingerprint density at radius 2 is 1.56 bits per heavy atom. The minimum atomic E-state index is -0.525. The number of ether oxygens (including phenoxy) is 3. The molecule has 0 aliphatic heterocycles. The van der Waals surface area contributed by atoms with Crippen molar-refractivity contribution < 1.29 is 19.3 Å². The fourth-order valence-electron chi connectivity index (χ4n) is 2.96. The molecular formula is C23H30O4. The molecule has 0 aliphatic carbocycles. The van der Waals surface area contributed by atoms with E-state index in [0.29, 0.717) is 25.9 Å². The summed E-state index contributed by atoms with van der Waals surface area (Å²) in [7, 11) is 1.59. The fraction of sp³-hybridized carbons (Fsp3) is 0.391. The van der Waals surface area contributed by atoms with Crippen LogP contribution < -0.4 is 0 Å². The molecule has 1 N–H and O–H groups in total. The van der Waals surface area contributed by atoms with E-state index in [9.17, 15) is 5.11 Å². The Kier molecular flexibility index (Phi) is 9.80. The van der Waals surface area contributed by atoms with Crippen molar-refractivity contribution in [3.05, 3.63) is 84.4 Å². The second-order valence-electron chi connectivity index (χ2n) is 6.55. The van der Waals surface area contributed by atoms with Crippen LogP contribution in [0.3, 0.4) is 0 Å². The van der Waals surface area contributed by atoms with Crippen molar-refractivity contribution in [2.75, 3.05) is 13.9 Å². The number of methoxy groups -OCH3 is 1. The Bertz CT molecular complexity index is 629. The minimum Gasteiger partial charge on any atom is -0.393 e. The maximum atomic E-state index is 10.3. The smallest absolute Gasteiger partial charge is 0.146 e. The molecule has 0 spiro atoms. The number of aliphatic hydroxyl groups excluding tert-OH is 1. The van der Waals surface area contributed by atoms with E-state index in [1.807, 2.05) is 48.5 Å². The van der Waals surface area contributed by atoms with Crippen LogP contribution in [-0.2, 0) is 27.2 Å². The summed E-state index contributed by atoms with van der Waals surface area (Å²) >= 11 is 0. The van der Waals surface area contributed by atoms with Crippen LogP contribution in [-0.4, -0.2) is 37.3 Å². The molecule has 0 saturated heterocycles. The third kappa shape index (κ3) is 8.06. The quantitative estimate of drug-likeness (QED) is 0.425. The minimum absolute atomic E-state index is 0.158. The normalized spacial score (nSPS) is 14.4. The van der Waals surface area contributed by atoms with Crippen LogP contribution in [0.1, 0.15) is 24.0 Å². The van der Waals surface area contributed by atoms with Gasteiger partial charge in [-0.05, 0) is 17.5 Å². The summed E-state index contributed by atoms with van der Waals surface area (Å²) < 4.78 is 17.2. The summed E-state index contributed by atoms with van der Waals surface area (Å²) in [4.78, 5) is 0. The van der Waals surface area contributed by atoms with E-state index in [-0.39, 0.29) is 19.0 Å². The first-order valence-electron chi connectivity index (χ1n) is 9.32. The molecular weight excluding hydrogens is 340 g/mol. The molecule has 2 rings (SSSR count). The van der Waals surface area contributed by atoms with Gasteiger partial charge in [0.1, 0.15) is 6.79 Å². The Morgan fingerprint density at radius 3 is 2.15 bits per heavy atom. The van der Waals surface area contributed by atoms with Crippen molar-refractivity contribution in [1.29, 1.82) is 0 Å². The zero-order chi connectivity index (χ0) is 19.3. The lowest BCUT2D eigenvalue weighted by Gasteiger charge is -2.29. The van der Waals surface area contributed by atoms with Crippen LogP contribution in [0.4, 0.5) is 0 Å². The Labute approximate surface area is 162 Å². The van der Waals surface area contributed by atoms with E-state index < -0.39 is 6.10 Å². The van der Waals surface area contributed by atoms with E-state index in [2.05, 4.69) is 18.7 Å². The zero-order valence-electron chi connectivity index (χ0n) is 16.0. The average Bonchev–Trinajstić information content (AvgIpc) is 2.70. The maximum Gasteiger partial charge on any atom is 0.146 e. The van der Waals surface area contributed by atoms with E-state index in [0.717, 1.165) is 5.56 Å². The zero-order valence-corrected chi connectivity index (χ0v) is 16.0. The lowest BCUT2D eigenvalue weighted by atomic mass is 9.98. The predicted octanol–water partition coefficient (Wildman–Crippen LogP) is 4.13. The van der Waals surface area contributed by atoms with Gasteiger partial charge >= 0.3 is 0 Å². The Morgan fingerprint density at radius 1 is 0.926 bits per heavy atom. The SMILES string of the molecule is C=CC[C@H](O)C[C@H](OCOC)[C@@H](Cc1ccccc1)OCc1ccccc1. The highest BCUT2D eigenvalue weighted by molar-refractivity contribution is 5.16. The first-order valence-corrected chi connectivity index (χ1v) is 9.32. The van der Waals surface area contributed by atoms with Crippen molar-refractivity contribution in [3.8, 4) is 0 Å². The number of aliphatic hydroxyl groups is 1. The van der Waals surface area contributed by atoms with Crippen LogP contribution in [0.25, 0.3) is 0 Å². The number of rotatable bonds is 13. The van der Waals surface area contributed by atoms with Gasteiger partial charge in [-0.15, -0.1) is 6.58 Å². The van der Waals surface area contributed by atoms with Gasteiger partial charge in [-0.25, -0.2) is 0 Å². The Hall–Kier alpha value is -1.98. The standard InChI is InChI=1S/C23H30O4/c1-3-10-21(24)16-23(27-18-25-2)22(15-19-11-6-4-7-12-19)26-17-20-13-8-5-9-14-20/h3-9,11-14,21-24H,1,10,15-18H2,2H3/t21-,22+,23-/m0/s1. The summed E-state index contributed by atoms with van der Waals surface area (Å²) in [5.74, 6) is 0. The van der Waals surface area contributed by atoms with Crippen molar-refractivity contribution in [2.24, 2.45) is 0 Å². The van der Waals surface area contributed by atoms with Gasteiger partial charge in [-0.1, -0.05) is 66.7 Å². The number of hydrogen-bond acceptors (Lipinski definition) is 4. The van der Waals surface area contributed by atoms with E-state index in [1.165, 1.54) is 5.56 Å². The van der Waals surface area contributed by atoms with E-state index in [4.69, 9.17) is 14.2 Å². The highest BCUT2D eigenvalue weighted by Crippen LogP contribution is 2.19. The van der Waals surface area contributed by atoms with Gasteiger partial charge in [-0.3, -0.25) is 0 Å². The molecule has 4 nitrogen and oxygen atoms in total. The fourth-order valence-corrected chi connectivity index (χ4v) is 2.96. The van der Waals surface area contributed by atoms with Crippen molar-refractivity contribution in [1.82, 2.24) is 0 Å². The second kappa shape index (κ2) is 12.4. The summed E-state index contributed by atoms with van der Waals surface area (Å²) in [5.41, 5.74) is 2.27. The van der Waals surface area contributed by atoms with Gasteiger partial charge in [0.2, 0.25) is 0 Å². The van der Waals surface area contributed by atoms with Crippen molar-refractivity contribution in [3.63, 3.8) is 0 Å². The molecule has 146 valence electrons. The van der Waals surface area contributed by atoms with Gasteiger partial charge in [-0.2, -0.15) is 0 Å². The molecule has 0 radical (unpaired) electrons. The van der Waals surface area contributed by atoms with Gasteiger partial charge in [0.05, 0.1) is 24.9 Å². The molecule has 0 amide bonds. The topological polar surface area (TPSA) is 47.9 Å². The lowest BCUT2D eigenvalue weighted by molar-refractivity contribution is -0.141. The first kappa shape index (κ1) is 21.3. The van der Waals surface area contributed by atoms with Crippen LogP contribution in [0.15, 0.2) is 73.3 Å². The predicted molar refractivity (Wildman–Crippen MR) is 107 cm³/mol. The summed E-state index contributed by atoms with van der Waals surface area (Å²) in [6.07, 6.45) is 2.37. The average molecular weight is 370 g/mol. The highest BCUT2D eigenvalue weighted by atomic mass is 16.7. The molecule has 0 bridgehead atoms. The molecule has 0 aromatic heterocycles. The summed E-state index contributed by atoms with van der Waals surface area (Å²) in [6.45, 7) is 4.35. The lowest BCUT2D eigenvalue weighted by Crippen LogP contribution is -2.37. The van der Waals surface area contributed by atoms with E-state index in [1.54, 1.807) is 13.2 Å². The molecule has 2 aromatic rings. The molecule has 0 unspecified atom stereocenters. The summed E-state index contributed by atoms with van der Waals surface area (Å²) in [6, 6.07) is 20.2. The highest BCUT2D eigenvalue weighted by Gasteiger charge is 2.26. The van der Waals surface area contributed by atoms with Crippen molar-refractivity contribution in [2.45, 2.75) is 44.2 Å². The maximum absolute atomic E-state index is 10.3. The number of hydrogen-bond donors (Lipinski definition) is 1. The third-order valence-corrected chi connectivity index (χ3v) is 4.34. The van der Waals surface area contributed by atoms with Crippen LogP contribution >= 0.6 is 0 Å². The molecule has 0 saturated carbocycles. The van der Waals surface area contributed by atoms with Gasteiger partial charge in [0.15, 0.2) is 0 Å². The molecule has 0 heterocycles. The van der Waals surface area contributed by atoms with Crippen molar-refractivity contribution >= 4 is 0 Å². The van der Waals surface area contributed by atoms with Gasteiger partial charge < -0.3 is 19.3 Å². The van der Waals surface area contributed by atoms with Crippen LogP contribution in [0, 0.1) is 0 Å². The van der Waals surface area contributed by atoms with Gasteiger partial charge in [0, 0.05) is 20.0 Å². The summed E-state index contributed by atoms with van der Waals surface area (Å²) in [5, 5.41) is 10.3. The molecule has 4 heteroatoms. The molecule has 3 atom stereocenters. The monoisotopic (exact) mass is 370 g/mol. The van der Waals surface area contributed by atoms with Crippen LogP contribution in [0.2, 0.25) is 0 Å².